The van der Waals surface area contributed by atoms with Crippen LogP contribution in [0.2, 0.25) is 5.02 Å². The van der Waals surface area contributed by atoms with Crippen LogP contribution in [-0.2, 0) is 6.54 Å². The number of aromatic nitrogens is 1. The van der Waals surface area contributed by atoms with Gasteiger partial charge in [0.25, 0.3) is 5.91 Å². The molecule has 5 nitrogen and oxygen atoms in total. The first-order valence-corrected chi connectivity index (χ1v) is 9.99. The van der Waals surface area contributed by atoms with Crippen molar-refractivity contribution < 1.29 is 9.53 Å². The molecule has 0 saturated carbocycles. The Balaban J connectivity index is 1.32. The predicted octanol–water partition coefficient (Wildman–Crippen LogP) is 4.49. The topological polar surface area (TPSA) is 45.7 Å². The van der Waals surface area contributed by atoms with Gasteiger partial charge in [-0.1, -0.05) is 23.7 Å². The number of hydrogen-bond donors (Lipinski definition) is 0. The predicted molar refractivity (Wildman–Crippen MR) is 113 cm³/mol. The first-order valence-electron chi connectivity index (χ1n) is 9.61. The highest BCUT2D eigenvalue weighted by molar-refractivity contribution is 6.30. The van der Waals surface area contributed by atoms with E-state index < -0.39 is 0 Å². The third-order valence-electron chi connectivity index (χ3n) is 4.92. The number of carbonyl (C=O) groups is 1. The van der Waals surface area contributed by atoms with Gasteiger partial charge in [0.05, 0.1) is 5.56 Å². The van der Waals surface area contributed by atoms with Gasteiger partial charge < -0.3 is 9.64 Å². The maximum Gasteiger partial charge on any atom is 0.255 e. The molecule has 1 aliphatic rings. The van der Waals surface area contributed by atoms with E-state index in [-0.39, 0.29) is 5.91 Å². The molecule has 0 radical (unpaired) electrons. The second-order valence-electron chi connectivity index (χ2n) is 7.01. The van der Waals surface area contributed by atoms with Gasteiger partial charge in [-0.25, -0.2) is 0 Å². The third kappa shape index (κ3) is 5.13. The molecule has 0 N–H and O–H groups in total. The molecule has 4 rings (SSSR count). The molecular formula is C23H22ClN3O2. The molecule has 2 heterocycles. The van der Waals surface area contributed by atoms with E-state index in [9.17, 15) is 4.79 Å². The summed E-state index contributed by atoms with van der Waals surface area (Å²) < 4.78 is 5.92. The average molecular weight is 408 g/mol. The molecule has 0 atom stereocenters. The minimum Gasteiger partial charge on any atom is -0.457 e. The lowest BCUT2D eigenvalue weighted by Gasteiger charge is -2.34. The van der Waals surface area contributed by atoms with Gasteiger partial charge in [0.1, 0.15) is 11.5 Å². The summed E-state index contributed by atoms with van der Waals surface area (Å²) in [5.74, 6) is 1.61. The largest absolute Gasteiger partial charge is 0.457 e. The minimum atomic E-state index is 0.0520. The Morgan fingerprint density at radius 3 is 2.48 bits per heavy atom. The Hall–Kier alpha value is -2.89. The van der Waals surface area contributed by atoms with Crippen LogP contribution in [0.1, 0.15) is 15.9 Å². The molecule has 1 aliphatic heterocycles. The van der Waals surface area contributed by atoms with Crippen LogP contribution in [0, 0.1) is 0 Å². The van der Waals surface area contributed by atoms with Gasteiger partial charge in [-0.2, -0.15) is 0 Å². The van der Waals surface area contributed by atoms with Crippen LogP contribution in [0.25, 0.3) is 0 Å². The summed E-state index contributed by atoms with van der Waals surface area (Å²) in [5, 5.41) is 0.687. The number of pyridine rings is 1. The number of ether oxygens (including phenoxy) is 1. The average Bonchev–Trinajstić information content (AvgIpc) is 2.76. The molecule has 0 aliphatic carbocycles. The lowest BCUT2D eigenvalue weighted by molar-refractivity contribution is 0.0628. The van der Waals surface area contributed by atoms with E-state index in [1.165, 1.54) is 5.56 Å². The molecule has 1 aromatic heterocycles. The van der Waals surface area contributed by atoms with Crippen molar-refractivity contribution in [2.45, 2.75) is 6.54 Å². The molecule has 29 heavy (non-hydrogen) atoms. The lowest BCUT2D eigenvalue weighted by Crippen LogP contribution is -2.48. The number of rotatable bonds is 5. The third-order valence-corrected chi connectivity index (χ3v) is 5.17. The van der Waals surface area contributed by atoms with E-state index in [0.29, 0.717) is 23.7 Å². The highest BCUT2D eigenvalue weighted by Gasteiger charge is 2.22. The molecule has 0 bridgehead atoms. The van der Waals surface area contributed by atoms with Crippen molar-refractivity contribution in [3.8, 4) is 11.5 Å². The second-order valence-corrected chi connectivity index (χ2v) is 7.45. The quantitative estimate of drug-likeness (QED) is 0.625. The molecule has 1 fully saturated rings. The number of halogens is 1. The molecule has 0 spiro atoms. The fraction of sp³-hybridized carbons (Fsp3) is 0.217. The Morgan fingerprint density at radius 1 is 0.966 bits per heavy atom. The maximum atomic E-state index is 12.5. The molecular weight excluding hydrogens is 386 g/mol. The van der Waals surface area contributed by atoms with Crippen LogP contribution in [0.3, 0.4) is 0 Å². The van der Waals surface area contributed by atoms with Crippen LogP contribution in [0.4, 0.5) is 0 Å². The van der Waals surface area contributed by atoms with E-state index in [2.05, 4.69) is 22.0 Å². The monoisotopic (exact) mass is 407 g/mol. The minimum absolute atomic E-state index is 0.0520. The summed E-state index contributed by atoms with van der Waals surface area (Å²) in [6, 6.07) is 19.0. The van der Waals surface area contributed by atoms with E-state index in [1.807, 2.05) is 47.4 Å². The zero-order valence-electron chi connectivity index (χ0n) is 16.0. The van der Waals surface area contributed by atoms with Crippen molar-refractivity contribution in [1.29, 1.82) is 0 Å². The highest BCUT2D eigenvalue weighted by atomic mass is 35.5. The van der Waals surface area contributed by atoms with Crippen molar-refractivity contribution in [2.24, 2.45) is 0 Å². The standard InChI is InChI=1S/C23H22ClN3O2/c24-20-6-8-21(9-7-20)29-22-5-1-3-18(15-22)17-26-11-13-27(14-12-26)23(28)19-4-2-10-25-16-19/h1-10,15-16H,11-14,17H2. The van der Waals surface area contributed by atoms with E-state index >= 15 is 0 Å². The molecule has 1 amide bonds. The number of piperazine rings is 1. The zero-order chi connectivity index (χ0) is 20.1. The molecule has 0 unspecified atom stereocenters. The molecule has 2 aromatic carbocycles. The summed E-state index contributed by atoms with van der Waals surface area (Å²) in [4.78, 5) is 20.8. The smallest absolute Gasteiger partial charge is 0.255 e. The van der Waals surface area contributed by atoms with Crippen LogP contribution >= 0.6 is 11.6 Å². The molecule has 148 valence electrons. The van der Waals surface area contributed by atoms with Crippen molar-refractivity contribution in [3.05, 3.63) is 89.2 Å². The summed E-state index contributed by atoms with van der Waals surface area (Å²) in [6.45, 7) is 3.94. The van der Waals surface area contributed by atoms with E-state index in [4.69, 9.17) is 16.3 Å². The van der Waals surface area contributed by atoms with Gasteiger partial charge in [-0.15, -0.1) is 0 Å². The van der Waals surface area contributed by atoms with Crippen LogP contribution in [-0.4, -0.2) is 46.9 Å². The number of benzene rings is 2. The number of hydrogen-bond acceptors (Lipinski definition) is 4. The zero-order valence-corrected chi connectivity index (χ0v) is 16.8. The van der Waals surface area contributed by atoms with Gasteiger partial charge >= 0.3 is 0 Å². The number of nitrogens with zero attached hydrogens (tertiary/aromatic N) is 3. The fourth-order valence-corrected chi connectivity index (χ4v) is 3.51. The second kappa shape index (κ2) is 9.07. The van der Waals surface area contributed by atoms with Crippen LogP contribution < -0.4 is 4.74 Å². The first kappa shape index (κ1) is 19.4. The van der Waals surface area contributed by atoms with Crippen molar-refractivity contribution in [3.63, 3.8) is 0 Å². The van der Waals surface area contributed by atoms with Gasteiger partial charge in [-0.05, 0) is 54.1 Å². The lowest BCUT2D eigenvalue weighted by atomic mass is 10.1. The van der Waals surface area contributed by atoms with Gasteiger partial charge in [0.2, 0.25) is 0 Å². The summed E-state index contributed by atoms with van der Waals surface area (Å²) in [7, 11) is 0. The fourth-order valence-electron chi connectivity index (χ4n) is 3.39. The van der Waals surface area contributed by atoms with Gasteiger partial charge in [-0.3, -0.25) is 14.7 Å². The Morgan fingerprint density at radius 2 is 1.76 bits per heavy atom. The van der Waals surface area contributed by atoms with E-state index in [1.54, 1.807) is 18.5 Å². The van der Waals surface area contributed by atoms with Crippen molar-refractivity contribution in [1.82, 2.24) is 14.8 Å². The SMILES string of the molecule is O=C(c1cccnc1)N1CCN(Cc2cccc(Oc3ccc(Cl)cc3)c2)CC1. The maximum absolute atomic E-state index is 12.5. The summed E-state index contributed by atoms with van der Waals surface area (Å²) in [5.41, 5.74) is 1.83. The summed E-state index contributed by atoms with van der Waals surface area (Å²) in [6.07, 6.45) is 3.31. The van der Waals surface area contributed by atoms with Crippen LogP contribution in [0.5, 0.6) is 11.5 Å². The summed E-state index contributed by atoms with van der Waals surface area (Å²) >= 11 is 5.92. The van der Waals surface area contributed by atoms with Gasteiger partial charge in [0, 0.05) is 50.1 Å². The number of carbonyl (C=O) groups excluding carboxylic acids is 1. The Labute approximate surface area is 175 Å². The highest BCUT2D eigenvalue weighted by Crippen LogP contribution is 2.24. The van der Waals surface area contributed by atoms with Crippen molar-refractivity contribution >= 4 is 17.5 Å². The molecule has 1 saturated heterocycles. The Kier molecular flexibility index (Phi) is 6.08. The first-order chi connectivity index (χ1) is 14.2. The Bertz CT molecular complexity index is 955. The van der Waals surface area contributed by atoms with Crippen molar-refractivity contribution in [2.75, 3.05) is 26.2 Å². The van der Waals surface area contributed by atoms with Crippen LogP contribution in [0.15, 0.2) is 73.1 Å². The van der Waals surface area contributed by atoms with Gasteiger partial charge in [0.15, 0.2) is 0 Å². The van der Waals surface area contributed by atoms with E-state index in [0.717, 1.165) is 31.1 Å². The molecule has 6 heteroatoms. The number of amides is 1. The normalized spacial score (nSPS) is 14.6. The molecule has 3 aromatic rings.